The van der Waals surface area contributed by atoms with Crippen LogP contribution in [0, 0.1) is 11.8 Å². The Labute approximate surface area is 199 Å². The highest BCUT2D eigenvalue weighted by atomic mass is 16.1. The van der Waals surface area contributed by atoms with Crippen molar-refractivity contribution in [2.75, 3.05) is 0 Å². The summed E-state index contributed by atoms with van der Waals surface area (Å²) in [4.78, 5) is 36.0. The van der Waals surface area contributed by atoms with Gasteiger partial charge in [0.25, 0.3) is 0 Å². The van der Waals surface area contributed by atoms with Crippen LogP contribution < -0.4 is 0 Å². The second-order valence-electron chi connectivity index (χ2n) is 9.48. The minimum Gasteiger partial charge on any atom is -0.348 e. The molecule has 4 aromatic heterocycles. The molecule has 174 valence electrons. The van der Waals surface area contributed by atoms with Gasteiger partial charge in [-0.2, -0.15) is 0 Å². The first-order valence-corrected chi connectivity index (χ1v) is 12.0. The number of carbonyl (C=O) groups is 1. The number of aldehydes is 1. The highest BCUT2D eigenvalue weighted by molar-refractivity contribution is 5.82. The Bertz CT molecular complexity index is 1230. The van der Waals surface area contributed by atoms with Crippen molar-refractivity contribution in [1.29, 1.82) is 0 Å². The first-order chi connectivity index (χ1) is 16.7. The van der Waals surface area contributed by atoms with E-state index in [0.717, 1.165) is 79.3 Å². The Hall–Kier alpha value is -3.61. The number of hydrogen-bond donors (Lipinski definition) is 2. The molecule has 0 aromatic carbocycles. The van der Waals surface area contributed by atoms with Crippen LogP contribution in [-0.2, 0) is 32.1 Å². The Morgan fingerprint density at radius 3 is 2.68 bits per heavy atom. The molecule has 2 N–H and O–H groups in total. The molecule has 0 radical (unpaired) electrons. The van der Waals surface area contributed by atoms with E-state index in [1.165, 1.54) is 16.8 Å². The Morgan fingerprint density at radius 2 is 1.91 bits per heavy atom. The van der Waals surface area contributed by atoms with Crippen LogP contribution in [0.2, 0.25) is 0 Å². The predicted molar refractivity (Wildman–Crippen MR) is 130 cm³/mol. The summed E-state index contributed by atoms with van der Waals surface area (Å²) in [6.07, 6.45) is 20.7. The predicted octanol–water partition coefficient (Wildman–Crippen LogP) is 4.56. The molecule has 0 fully saturated rings. The standard InChI is InChI=1S/C27H30N6O/c1-18(8-22-12-29-16-32-22)2-5-24-21(15-34)6-7-31-27(24)26-14-28-11-20-4-3-19(10-25(20)26)9-23-13-30-17-33-23/h6-7,11-19H,2-5,8-10H2,1H3,(H,29,32)(H,30,33). The van der Waals surface area contributed by atoms with Gasteiger partial charge in [0.2, 0.25) is 0 Å². The van der Waals surface area contributed by atoms with E-state index in [9.17, 15) is 4.79 Å². The summed E-state index contributed by atoms with van der Waals surface area (Å²) in [5, 5.41) is 0. The number of carbonyl (C=O) groups excluding carboxylic acids is 1. The number of aromatic amines is 2. The molecule has 4 aromatic rings. The summed E-state index contributed by atoms with van der Waals surface area (Å²) in [5.74, 6) is 0.996. The Kier molecular flexibility index (Phi) is 6.60. The maximum Gasteiger partial charge on any atom is 0.150 e. The first-order valence-electron chi connectivity index (χ1n) is 12.0. The van der Waals surface area contributed by atoms with Gasteiger partial charge in [-0.3, -0.25) is 14.8 Å². The number of rotatable bonds is 9. The van der Waals surface area contributed by atoms with Crippen LogP contribution in [0.15, 0.2) is 49.7 Å². The summed E-state index contributed by atoms with van der Waals surface area (Å²) in [5.41, 5.74) is 8.68. The number of imidazole rings is 2. The Morgan fingerprint density at radius 1 is 1.09 bits per heavy atom. The molecule has 1 aliphatic carbocycles. The van der Waals surface area contributed by atoms with E-state index >= 15 is 0 Å². The van der Waals surface area contributed by atoms with Gasteiger partial charge in [0.1, 0.15) is 6.29 Å². The van der Waals surface area contributed by atoms with Gasteiger partial charge >= 0.3 is 0 Å². The van der Waals surface area contributed by atoms with Crippen molar-refractivity contribution >= 4 is 6.29 Å². The molecule has 4 heterocycles. The summed E-state index contributed by atoms with van der Waals surface area (Å²) in [7, 11) is 0. The lowest BCUT2D eigenvalue weighted by Gasteiger charge is -2.26. The molecule has 0 saturated carbocycles. The van der Waals surface area contributed by atoms with E-state index in [-0.39, 0.29) is 0 Å². The second-order valence-corrected chi connectivity index (χ2v) is 9.48. The van der Waals surface area contributed by atoms with Crippen molar-refractivity contribution in [1.82, 2.24) is 29.9 Å². The lowest BCUT2D eigenvalue weighted by Crippen LogP contribution is -2.18. The normalized spacial score (nSPS) is 16.2. The molecule has 1 aliphatic rings. The van der Waals surface area contributed by atoms with Gasteiger partial charge in [-0.15, -0.1) is 0 Å². The Balaban J connectivity index is 1.42. The molecule has 0 amide bonds. The van der Waals surface area contributed by atoms with Gasteiger partial charge in [-0.25, -0.2) is 9.97 Å². The van der Waals surface area contributed by atoms with E-state index in [4.69, 9.17) is 4.98 Å². The van der Waals surface area contributed by atoms with Crippen molar-refractivity contribution in [3.8, 4) is 11.3 Å². The number of aryl methyl sites for hydroxylation is 1. The zero-order chi connectivity index (χ0) is 23.3. The number of nitrogens with one attached hydrogen (secondary N) is 2. The van der Waals surface area contributed by atoms with Crippen LogP contribution in [0.25, 0.3) is 11.3 Å². The zero-order valence-corrected chi connectivity index (χ0v) is 19.5. The summed E-state index contributed by atoms with van der Waals surface area (Å²) < 4.78 is 0. The van der Waals surface area contributed by atoms with Crippen LogP contribution in [0.5, 0.6) is 0 Å². The van der Waals surface area contributed by atoms with E-state index in [2.05, 4.69) is 31.8 Å². The number of hydrogen-bond acceptors (Lipinski definition) is 5. The molecular weight excluding hydrogens is 424 g/mol. The highest BCUT2D eigenvalue weighted by Gasteiger charge is 2.25. The van der Waals surface area contributed by atoms with Crippen LogP contribution in [-0.4, -0.2) is 36.2 Å². The molecule has 0 saturated heterocycles. The molecule has 7 nitrogen and oxygen atoms in total. The summed E-state index contributed by atoms with van der Waals surface area (Å²) in [6, 6.07) is 1.83. The van der Waals surface area contributed by atoms with Crippen LogP contribution in [0.1, 0.15) is 58.2 Å². The van der Waals surface area contributed by atoms with E-state index in [0.29, 0.717) is 11.8 Å². The monoisotopic (exact) mass is 454 g/mol. The lowest BCUT2D eigenvalue weighted by atomic mass is 9.79. The van der Waals surface area contributed by atoms with Crippen molar-refractivity contribution in [2.24, 2.45) is 11.8 Å². The van der Waals surface area contributed by atoms with Gasteiger partial charge in [0.15, 0.2) is 0 Å². The third kappa shape index (κ3) is 4.83. The molecule has 2 atom stereocenters. The fourth-order valence-corrected chi connectivity index (χ4v) is 5.20. The average Bonchev–Trinajstić information content (AvgIpc) is 3.57. The zero-order valence-electron chi connectivity index (χ0n) is 19.5. The number of nitrogens with zero attached hydrogens (tertiary/aromatic N) is 4. The maximum atomic E-state index is 12.0. The number of fused-ring (bicyclic) bond motifs is 1. The minimum atomic E-state index is 0.453. The molecule has 7 heteroatoms. The van der Waals surface area contributed by atoms with E-state index in [1.807, 2.05) is 30.9 Å². The fraction of sp³-hybridized carbons (Fsp3) is 0.370. The average molecular weight is 455 g/mol. The smallest absolute Gasteiger partial charge is 0.150 e. The van der Waals surface area contributed by atoms with Crippen LogP contribution in [0.3, 0.4) is 0 Å². The van der Waals surface area contributed by atoms with Gasteiger partial charge in [0.05, 0.1) is 18.3 Å². The van der Waals surface area contributed by atoms with Crippen molar-refractivity contribution < 1.29 is 4.79 Å². The molecule has 0 spiro atoms. The lowest BCUT2D eigenvalue weighted by molar-refractivity contribution is 0.112. The summed E-state index contributed by atoms with van der Waals surface area (Å²) in [6.45, 7) is 2.24. The molecule has 2 unspecified atom stereocenters. The second kappa shape index (κ2) is 10.1. The van der Waals surface area contributed by atoms with Gasteiger partial charge in [-0.1, -0.05) is 6.92 Å². The molecule has 0 aliphatic heterocycles. The SMILES string of the molecule is CC(CCc1c(C=O)ccnc1-c1cncc2c1CC(Cc1cnc[nH]1)CC2)Cc1cnc[nH]1. The van der Waals surface area contributed by atoms with Gasteiger partial charge in [-0.05, 0) is 79.5 Å². The van der Waals surface area contributed by atoms with Crippen molar-refractivity contribution in [2.45, 2.75) is 51.9 Å². The number of pyridine rings is 2. The fourth-order valence-electron chi connectivity index (χ4n) is 5.20. The molecular formula is C27H30N6O. The van der Waals surface area contributed by atoms with E-state index in [1.54, 1.807) is 18.9 Å². The number of aromatic nitrogens is 6. The summed E-state index contributed by atoms with van der Waals surface area (Å²) >= 11 is 0. The third-order valence-electron chi connectivity index (χ3n) is 7.01. The largest absolute Gasteiger partial charge is 0.348 e. The third-order valence-corrected chi connectivity index (χ3v) is 7.01. The number of H-pyrrole nitrogens is 2. The molecule has 0 bridgehead atoms. The van der Waals surface area contributed by atoms with Gasteiger partial charge in [0, 0.05) is 53.5 Å². The maximum absolute atomic E-state index is 12.0. The molecule has 34 heavy (non-hydrogen) atoms. The highest BCUT2D eigenvalue weighted by Crippen LogP contribution is 2.36. The van der Waals surface area contributed by atoms with Crippen molar-refractivity contribution in [3.05, 3.63) is 83.3 Å². The first kappa shape index (κ1) is 22.2. The molecule has 5 rings (SSSR count). The van der Waals surface area contributed by atoms with Crippen LogP contribution >= 0.6 is 0 Å². The van der Waals surface area contributed by atoms with Crippen molar-refractivity contribution in [3.63, 3.8) is 0 Å². The topological polar surface area (TPSA) is 100 Å². The van der Waals surface area contributed by atoms with E-state index < -0.39 is 0 Å². The van der Waals surface area contributed by atoms with Crippen LogP contribution in [0.4, 0.5) is 0 Å². The van der Waals surface area contributed by atoms with Gasteiger partial charge < -0.3 is 9.97 Å². The minimum absolute atomic E-state index is 0.453. The quantitative estimate of drug-likeness (QED) is 0.361.